The summed E-state index contributed by atoms with van der Waals surface area (Å²) in [4.78, 5) is 27.8. The average Bonchev–Trinajstić information content (AvgIpc) is 2.77. The molecule has 8 heteroatoms. The second-order valence-electron chi connectivity index (χ2n) is 8.21. The van der Waals surface area contributed by atoms with Crippen molar-refractivity contribution in [1.82, 2.24) is 9.62 Å². The van der Waals surface area contributed by atoms with Crippen molar-refractivity contribution >= 4 is 27.5 Å². The Bertz CT molecular complexity index is 1130. The molecule has 1 saturated heterocycles. The maximum absolute atomic E-state index is 13.2. The van der Waals surface area contributed by atoms with E-state index < -0.39 is 15.9 Å². The molecule has 168 valence electrons. The van der Waals surface area contributed by atoms with Crippen molar-refractivity contribution in [2.75, 3.05) is 25.0 Å². The van der Waals surface area contributed by atoms with E-state index in [2.05, 4.69) is 29.8 Å². The molecule has 7 nitrogen and oxygen atoms in total. The van der Waals surface area contributed by atoms with Gasteiger partial charge in [0.15, 0.2) is 0 Å². The molecule has 2 aromatic carbocycles. The third kappa shape index (κ3) is 5.55. The fourth-order valence-corrected chi connectivity index (χ4v) is 4.91. The number of piperidine rings is 1. The van der Waals surface area contributed by atoms with E-state index >= 15 is 0 Å². The van der Waals surface area contributed by atoms with Crippen LogP contribution in [-0.4, -0.2) is 44.8 Å². The van der Waals surface area contributed by atoms with Crippen molar-refractivity contribution in [3.05, 3.63) is 59.7 Å². The number of amides is 2. The first kappa shape index (κ1) is 23.5. The number of para-hydroxylation sites is 1. The zero-order valence-electron chi connectivity index (χ0n) is 18.2. The fraction of sp³-hybridized carbons (Fsp3) is 0.333. The Balaban J connectivity index is 1.76. The summed E-state index contributed by atoms with van der Waals surface area (Å²) in [5.74, 6) is 2.51. The predicted molar refractivity (Wildman–Crippen MR) is 124 cm³/mol. The van der Waals surface area contributed by atoms with Crippen LogP contribution in [0.15, 0.2) is 53.4 Å². The van der Waals surface area contributed by atoms with Crippen LogP contribution in [0.25, 0.3) is 0 Å². The van der Waals surface area contributed by atoms with E-state index in [4.69, 9.17) is 6.42 Å². The third-order valence-electron chi connectivity index (χ3n) is 5.35. The molecule has 2 atom stereocenters. The van der Waals surface area contributed by atoms with Gasteiger partial charge < -0.3 is 10.2 Å². The molecule has 2 aromatic rings. The molecule has 0 radical (unpaired) electrons. The van der Waals surface area contributed by atoms with Crippen LogP contribution >= 0.6 is 0 Å². The molecule has 32 heavy (non-hydrogen) atoms. The molecular weight excluding hydrogens is 426 g/mol. The third-order valence-corrected chi connectivity index (χ3v) is 6.77. The van der Waals surface area contributed by atoms with Gasteiger partial charge in [0, 0.05) is 18.7 Å². The summed E-state index contributed by atoms with van der Waals surface area (Å²) >= 11 is 0. The van der Waals surface area contributed by atoms with Crippen LogP contribution in [-0.2, 0) is 10.0 Å². The second-order valence-corrected chi connectivity index (χ2v) is 9.98. The van der Waals surface area contributed by atoms with Gasteiger partial charge in [-0.2, -0.15) is 4.72 Å². The van der Waals surface area contributed by atoms with E-state index in [1.165, 1.54) is 24.3 Å². The lowest BCUT2D eigenvalue weighted by atomic mass is 9.91. The van der Waals surface area contributed by atoms with E-state index in [1.807, 2.05) is 4.90 Å². The molecule has 2 amide bonds. The number of terminal acetylenes is 1. The molecule has 0 bridgehead atoms. The minimum Gasteiger partial charge on any atom is -0.338 e. The number of benzene rings is 2. The number of likely N-dealkylation sites (tertiary alicyclic amines) is 1. The Labute approximate surface area is 189 Å². The smallest absolute Gasteiger partial charge is 0.255 e. The minimum atomic E-state index is -3.74. The predicted octanol–water partition coefficient (Wildman–Crippen LogP) is 2.97. The first-order chi connectivity index (χ1) is 15.2. The summed E-state index contributed by atoms with van der Waals surface area (Å²) in [6, 6.07) is 12.4. The Morgan fingerprint density at radius 1 is 1.06 bits per heavy atom. The molecule has 0 aliphatic carbocycles. The molecule has 1 heterocycles. The van der Waals surface area contributed by atoms with Gasteiger partial charge in [-0.3, -0.25) is 9.59 Å². The Kier molecular flexibility index (Phi) is 7.33. The SMILES string of the molecule is C#CCNS(=O)(=O)c1ccc(C(=O)Nc2ccccc2C(=O)N2CC(C)CC(C)C2)cc1. The molecule has 3 rings (SSSR count). The number of rotatable bonds is 6. The number of hydrogen-bond acceptors (Lipinski definition) is 4. The highest BCUT2D eigenvalue weighted by Gasteiger charge is 2.27. The van der Waals surface area contributed by atoms with Crippen molar-refractivity contribution in [3.63, 3.8) is 0 Å². The van der Waals surface area contributed by atoms with Gasteiger partial charge in [-0.25, -0.2) is 8.42 Å². The van der Waals surface area contributed by atoms with Crippen molar-refractivity contribution in [2.45, 2.75) is 25.2 Å². The van der Waals surface area contributed by atoms with E-state index in [9.17, 15) is 18.0 Å². The zero-order chi connectivity index (χ0) is 23.3. The van der Waals surface area contributed by atoms with Gasteiger partial charge in [-0.15, -0.1) is 6.42 Å². The Morgan fingerprint density at radius 3 is 2.31 bits per heavy atom. The van der Waals surface area contributed by atoms with Gasteiger partial charge in [0.1, 0.15) is 0 Å². The fourth-order valence-electron chi connectivity index (χ4n) is 3.98. The largest absolute Gasteiger partial charge is 0.338 e. The number of sulfonamides is 1. The Morgan fingerprint density at radius 2 is 1.69 bits per heavy atom. The van der Waals surface area contributed by atoms with Crippen LogP contribution in [0.1, 0.15) is 41.0 Å². The lowest BCUT2D eigenvalue weighted by Gasteiger charge is -2.35. The summed E-state index contributed by atoms with van der Waals surface area (Å²) in [7, 11) is -3.74. The average molecular weight is 454 g/mol. The number of anilines is 1. The van der Waals surface area contributed by atoms with Gasteiger partial charge in [-0.05, 0) is 54.7 Å². The molecule has 0 saturated carbocycles. The normalized spacial score (nSPS) is 18.6. The van der Waals surface area contributed by atoms with Crippen LogP contribution in [0.3, 0.4) is 0 Å². The number of carbonyl (C=O) groups is 2. The first-order valence-corrected chi connectivity index (χ1v) is 11.9. The van der Waals surface area contributed by atoms with E-state index in [0.29, 0.717) is 36.2 Å². The molecule has 2 unspecified atom stereocenters. The molecular formula is C24H27N3O4S. The number of carbonyl (C=O) groups excluding carboxylic acids is 2. The molecule has 0 spiro atoms. The lowest BCUT2D eigenvalue weighted by molar-refractivity contribution is 0.0624. The number of nitrogens with one attached hydrogen (secondary N) is 2. The highest BCUT2D eigenvalue weighted by Crippen LogP contribution is 2.25. The van der Waals surface area contributed by atoms with E-state index in [1.54, 1.807) is 24.3 Å². The summed E-state index contributed by atoms with van der Waals surface area (Å²) in [5.41, 5.74) is 1.11. The van der Waals surface area contributed by atoms with Crippen molar-refractivity contribution in [2.24, 2.45) is 11.8 Å². The number of nitrogens with zero attached hydrogens (tertiary/aromatic N) is 1. The summed E-state index contributed by atoms with van der Waals surface area (Å²) < 4.78 is 26.5. The van der Waals surface area contributed by atoms with Gasteiger partial charge in [0.05, 0.1) is 22.7 Å². The van der Waals surface area contributed by atoms with Crippen LogP contribution in [0.2, 0.25) is 0 Å². The van der Waals surface area contributed by atoms with E-state index in [0.717, 1.165) is 6.42 Å². The van der Waals surface area contributed by atoms with Crippen LogP contribution in [0.4, 0.5) is 5.69 Å². The molecule has 2 N–H and O–H groups in total. The van der Waals surface area contributed by atoms with E-state index in [-0.39, 0.29) is 22.9 Å². The standard InChI is InChI=1S/C24H27N3O4S/c1-4-13-25-32(30,31)20-11-9-19(10-12-20)23(28)26-22-8-6-5-7-21(22)24(29)27-15-17(2)14-18(3)16-27/h1,5-12,17-18,25H,13-16H2,2-3H3,(H,26,28). The van der Waals surface area contributed by atoms with Gasteiger partial charge >= 0.3 is 0 Å². The van der Waals surface area contributed by atoms with Gasteiger partial charge in [0.2, 0.25) is 10.0 Å². The van der Waals surface area contributed by atoms with Crippen LogP contribution in [0.5, 0.6) is 0 Å². The highest BCUT2D eigenvalue weighted by molar-refractivity contribution is 7.89. The first-order valence-electron chi connectivity index (χ1n) is 10.4. The van der Waals surface area contributed by atoms with Gasteiger partial charge in [0.25, 0.3) is 11.8 Å². The maximum atomic E-state index is 13.2. The molecule has 1 fully saturated rings. The second kappa shape index (κ2) is 9.98. The molecule has 1 aliphatic rings. The monoisotopic (exact) mass is 453 g/mol. The lowest BCUT2D eigenvalue weighted by Crippen LogP contribution is -2.42. The Hall–Kier alpha value is -3.15. The summed E-state index contributed by atoms with van der Waals surface area (Å²) in [6.45, 7) is 5.53. The highest BCUT2D eigenvalue weighted by atomic mass is 32.2. The number of hydrogen-bond donors (Lipinski definition) is 2. The van der Waals surface area contributed by atoms with Crippen LogP contribution in [0, 0.1) is 24.2 Å². The van der Waals surface area contributed by atoms with Crippen molar-refractivity contribution < 1.29 is 18.0 Å². The van der Waals surface area contributed by atoms with Gasteiger partial charge in [-0.1, -0.05) is 31.9 Å². The van der Waals surface area contributed by atoms with Crippen LogP contribution < -0.4 is 10.0 Å². The van der Waals surface area contributed by atoms with Crippen molar-refractivity contribution in [3.8, 4) is 12.3 Å². The summed E-state index contributed by atoms with van der Waals surface area (Å²) in [6.07, 6.45) is 6.18. The zero-order valence-corrected chi connectivity index (χ0v) is 19.0. The molecule has 1 aliphatic heterocycles. The summed E-state index contributed by atoms with van der Waals surface area (Å²) in [5, 5.41) is 2.78. The van der Waals surface area contributed by atoms with Crippen molar-refractivity contribution in [1.29, 1.82) is 0 Å². The maximum Gasteiger partial charge on any atom is 0.255 e. The molecule has 0 aromatic heterocycles. The quantitative estimate of drug-likeness (QED) is 0.658. The topological polar surface area (TPSA) is 95.6 Å². The minimum absolute atomic E-state index is 0.00761.